The maximum atomic E-state index is 10.8. The SMILES string of the molecule is CN(CCCC(=O)O)CCc1ccccc1[N+](=O)[O-]. The quantitative estimate of drug-likeness (QED) is 0.574. The third kappa shape index (κ3) is 5.48. The molecule has 0 saturated carbocycles. The Kier molecular flexibility index (Phi) is 5.95. The fraction of sp³-hybridized carbons (Fsp3) is 0.462. The molecule has 0 spiro atoms. The number of carbonyl (C=O) groups is 1. The molecule has 6 heteroatoms. The molecular formula is C13H18N2O4. The molecule has 0 fully saturated rings. The summed E-state index contributed by atoms with van der Waals surface area (Å²) in [5, 5.41) is 19.4. The minimum absolute atomic E-state index is 0.140. The van der Waals surface area contributed by atoms with E-state index in [0.717, 1.165) is 0 Å². The number of likely N-dealkylation sites (N-methyl/N-ethyl adjacent to an activating group) is 1. The van der Waals surface area contributed by atoms with Gasteiger partial charge in [-0.25, -0.2) is 0 Å². The van der Waals surface area contributed by atoms with E-state index >= 15 is 0 Å². The van der Waals surface area contributed by atoms with Crippen molar-refractivity contribution in [2.75, 3.05) is 20.1 Å². The summed E-state index contributed by atoms with van der Waals surface area (Å²) in [6.45, 7) is 1.34. The fourth-order valence-electron chi connectivity index (χ4n) is 1.82. The van der Waals surface area contributed by atoms with E-state index in [4.69, 9.17) is 5.11 Å². The number of para-hydroxylation sites is 1. The second-order valence-corrected chi connectivity index (χ2v) is 4.44. The second kappa shape index (κ2) is 7.48. The summed E-state index contributed by atoms with van der Waals surface area (Å²) in [4.78, 5) is 22.8. The summed E-state index contributed by atoms with van der Waals surface area (Å²) in [5.74, 6) is -0.799. The van der Waals surface area contributed by atoms with Gasteiger partial charge in [-0.3, -0.25) is 14.9 Å². The highest BCUT2D eigenvalue weighted by atomic mass is 16.6. The van der Waals surface area contributed by atoms with Crippen LogP contribution in [0.2, 0.25) is 0 Å². The normalized spacial score (nSPS) is 10.6. The lowest BCUT2D eigenvalue weighted by molar-refractivity contribution is -0.385. The van der Waals surface area contributed by atoms with Crippen LogP contribution in [-0.2, 0) is 11.2 Å². The first-order valence-corrected chi connectivity index (χ1v) is 6.13. The first kappa shape index (κ1) is 15.1. The van der Waals surface area contributed by atoms with E-state index in [-0.39, 0.29) is 17.0 Å². The Morgan fingerprint density at radius 1 is 1.37 bits per heavy atom. The Morgan fingerprint density at radius 3 is 2.68 bits per heavy atom. The second-order valence-electron chi connectivity index (χ2n) is 4.44. The van der Waals surface area contributed by atoms with E-state index in [1.54, 1.807) is 18.2 Å². The first-order valence-electron chi connectivity index (χ1n) is 6.13. The highest BCUT2D eigenvalue weighted by Gasteiger charge is 2.12. The Morgan fingerprint density at radius 2 is 2.05 bits per heavy atom. The highest BCUT2D eigenvalue weighted by molar-refractivity contribution is 5.66. The summed E-state index contributed by atoms with van der Waals surface area (Å²) in [6, 6.07) is 6.69. The van der Waals surface area contributed by atoms with Crippen LogP contribution in [0.15, 0.2) is 24.3 Å². The van der Waals surface area contributed by atoms with Gasteiger partial charge < -0.3 is 10.0 Å². The summed E-state index contributed by atoms with van der Waals surface area (Å²) >= 11 is 0. The molecule has 1 N–H and O–H groups in total. The third-order valence-corrected chi connectivity index (χ3v) is 2.88. The van der Waals surface area contributed by atoms with Crippen molar-refractivity contribution in [3.05, 3.63) is 39.9 Å². The maximum absolute atomic E-state index is 10.8. The molecule has 1 rings (SSSR count). The van der Waals surface area contributed by atoms with Gasteiger partial charge in [-0.05, 0) is 26.4 Å². The number of benzene rings is 1. The number of carboxylic acid groups (broad SMARTS) is 1. The molecule has 0 aliphatic carbocycles. The number of nitro benzene ring substituents is 1. The van der Waals surface area contributed by atoms with Gasteiger partial charge in [0.15, 0.2) is 0 Å². The number of hydrogen-bond acceptors (Lipinski definition) is 4. The van der Waals surface area contributed by atoms with Crippen LogP contribution in [0.5, 0.6) is 0 Å². The van der Waals surface area contributed by atoms with E-state index in [1.165, 1.54) is 6.07 Å². The zero-order chi connectivity index (χ0) is 14.3. The molecule has 6 nitrogen and oxygen atoms in total. The molecule has 0 radical (unpaired) electrons. The molecule has 0 heterocycles. The molecule has 1 aromatic carbocycles. The van der Waals surface area contributed by atoms with Gasteiger partial charge in [0.2, 0.25) is 0 Å². The lowest BCUT2D eigenvalue weighted by Gasteiger charge is -2.15. The average molecular weight is 266 g/mol. The first-order chi connectivity index (χ1) is 9.00. The molecule has 1 aromatic rings. The minimum Gasteiger partial charge on any atom is -0.481 e. The maximum Gasteiger partial charge on any atom is 0.303 e. The van der Waals surface area contributed by atoms with Gasteiger partial charge in [-0.2, -0.15) is 0 Å². The number of nitro groups is 1. The van der Waals surface area contributed by atoms with Crippen molar-refractivity contribution in [2.45, 2.75) is 19.3 Å². The van der Waals surface area contributed by atoms with Crippen molar-refractivity contribution < 1.29 is 14.8 Å². The molecule has 0 unspecified atom stereocenters. The third-order valence-electron chi connectivity index (χ3n) is 2.88. The monoisotopic (exact) mass is 266 g/mol. The van der Waals surface area contributed by atoms with Crippen LogP contribution < -0.4 is 0 Å². The minimum atomic E-state index is -0.799. The predicted molar refractivity (Wildman–Crippen MR) is 71.2 cm³/mol. The van der Waals surface area contributed by atoms with Crippen LogP contribution in [0.3, 0.4) is 0 Å². The van der Waals surface area contributed by atoms with E-state index in [1.807, 2.05) is 11.9 Å². The number of aliphatic carboxylic acids is 1. The topological polar surface area (TPSA) is 83.7 Å². The number of carboxylic acids is 1. The highest BCUT2D eigenvalue weighted by Crippen LogP contribution is 2.18. The van der Waals surface area contributed by atoms with Crippen molar-refractivity contribution in [3.8, 4) is 0 Å². The lowest BCUT2D eigenvalue weighted by atomic mass is 10.1. The number of rotatable bonds is 8. The van der Waals surface area contributed by atoms with Crippen LogP contribution in [0.4, 0.5) is 5.69 Å². The fourth-order valence-corrected chi connectivity index (χ4v) is 1.82. The van der Waals surface area contributed by atoms with Gasteiger partial charge in [0.25, 0.3) is 5.69 Å². The molecule has 0 aromatic heterocycles. The average Bonchev–Trinajstić information content (AvgIpc) is 2.36. The predicted octanol–water partition coefficient (Wildman–Crippen LogP) is 1.93. The molecule has 0 saturated heterocycles. The van der Waals surface area contributed by atoms with Crippen molar-refractivity contribution in [1.29, 1.82) is 0 Å². The number of hydrogen-bond donors (Lipinski definition) is 1. The van der Waals surface area contributed by atoms with E-state index in [9.17, 15) is 14.9 Å². The van der Waals surface area contributed by atoms with Crippen LogP contribution >= 0.6 is 0 Å². The smallest absolute Gasteiger partial charge is 0.303 e. The van der Waals surface area contributed by atoms with Crippen LogP contribution in [0.1, 0.15) is 18.4 Å². The van der Waals surface area contributed by atoms with E-state index in [0.29, 0.717) is 31.5 Å². The van der Waals surface area contributed by atoms with Crippen LogP contribution in [-0.4, -0.2) is 41.0 Å². The standard InChI is InChI=1S/C13H18N2O4/c1-14(9-4-7-13(16)17)10-8-11-5-2-3-6-12(11)15(18)19/h2-3,5-6H,4,7-10H2,1H3,(H,16,17). The molecule has 19 heavy (non-hydrogen) atoms. The molecule has 0 bridgehead atoms. The van der Waals surface area contributed by atoms with Gasteiger partial charge in [0, 0.05) is 24.6 Å². The molecule has 104 valence electrons. The Labute approximate surface area is 111 Å². The van der Waals surface area contributed by atoms with Gasteiger partial charge in [0.05, 0.1) is 4.92 Å². The van der Waals surface area contributed by atoms with Crippen LogP contribution in [0, 0.1) is 10.1 Å². The summed E-state index contributed by atoms with van der Waals surface area (Å²) < 4.78 is 0. The van der Waals surface area contributed by atoms with Crippen molar-refractivity contribution in [1.82, 2.24) is 4.90 Å². The molecule has 0 aliphatic rings. The molecule has 0 amide bonds. The van der Waals surface area contributed by atoms with Gasteiger partial charge in [-0.1, -0.05) is 18.2 Å². The Bertz CT molecular complexity index is 448. The largest absolute Gasteiger partial charge is 0.481 e. The van der Waals surface area contributed by atoms with Crippen molar-refractivity contribution in [2.24, 2.45) is 0 Å². The zero-order valence-corrected chi connectivity index (χ0v) is 10.9. The Hall–Kier alpha value is -1.95. The van der Waals surface area contributed by atoms with Crippen molar-refractivity contribution >= 4 is 11.7 Å². The van der Waals surface area contributed by atoms with E-state index < -0.39 is 5.97 Å². The molecule has 0 atom stereocenters. The Balaban J connectivity index is 2.44. The summed E-state index contributed by atoms with van der Waals surface area (Å²) in [6.07, 6.45) is 1.32. The van der Waals surface area contributed by atoms with Crippen LogP contribution in [0.25, 0.3) is 0 Å². The molecule has 0 aliphatic heterocycles. The van der Waals surface area contributed by atoms with E-state index in [2.05, 4.69) is 0 Å². The van der Waals surface area contributed by atoms with Crippen molar-refractivity contribution in [3.63, 3.8) is 0 Å². The summed E-state index contributed by atoms with van der Waals surface area (Å²) in [5.41, 5.74) is 0.846. The summed E-state index contributed by atoms with van der Waals surface area (Å²) in [7, 11) is 1.89. The lowest BCUT2D eigenvalue weighted by Crippen LogP contribution is -2.23. The van der Waals surface area contributed by atoms with Gasteiger partial charge >= 0.3 is 5.97 Å². The zero-order valence-electron chi connectivity index (χ0n) is 10.9. The van der Waals surface area contributed by atoms with Gasteiger partial charge in [0.1, 0.15) is 0 Å². The van der Waals surface area contributed by atoms with Gasteiger partial charge in [-0.15, -0.1) is 0 Å². The molecular weight excluding hydrogens is 248 g/mol. The number of nitrogens with zero attached hydrogens (tertiary/aromatic N) is 2.